The summed E-state index contributed by atoms with van der Waals surface area (Å²) in [6, 6.07) is 19.2. The first-order valence-electron chi connectivity index (χ1n) is 10.6. The first kappa shape index (κ1) is 25.6. The molecule has 0 saturated carbocycles. The summed E-state index contributed by atoms with van der Waals surface area (Å²) in [5.41, 5.74) is 1.35. The van der Waals surface area contributed by atoms with Gasteiger partial charge in [0.05, 0.1) is 4.90 Å². The Morgan fingerprint density at radius 1 is 1.00 bits per heavy atom. The van der Waals surface area contributed by atoms with E-state index in [1.165, 1.54) is 5.56 Å². The lowest BCUT2D eigenvalue weighted by atomic mass is 9.98. The maximum Gasteiger partial charge on any atom is 0.243 e. The highest BCUT2D eigenvalue weighted by Crippen LogP contribution is 2.23. The van der Waals surface area contributed by atoms with Crippen LogP contribution in [0.1, 0.15) is 24.8 Å². The van der Waals surface area contributed by atoms with Gasteiger partial charge in [0.1, 0.15) is 0 Å². The van der Waals surface area contributed by atoms with Crippen LogP contribution in [0.15, 0.2) is 70.6 Å². The molecule has 1 heterocycles. The average molecular weight is 557 g/mol. The minimum Gasteiger partial charge on any atom is -0.356 e. The van der Waals surface area contributed by atoms with Gasteiger partial charge in [-0.15, -0.1) is 24.0 Å². The van der Waals surface area contributed by atoms with Crippen molar-refractivity contribution in [2.45, 2.75) is 30.6 Å². The van der Waals surface area contributed by atoms with Crippen molar-refractivity contribution in [2.75, 3.05) is 33.2 Å². The van der Waals surface area contributed by atoms with Crippen molar-refractivity contribution in [3.63, 3.8) is 0 Å². The van der Waals surface area contributed by atoms with E-state index in [9.17, 15) is 8.42 Å². The van der Waals surface area contributed by atoms with E-state index in [1.54, 1.807) is 35.6 Å². The maximum atomic E-state index is 12.7. The van der Waals surface area contributed by atoms with E-state index in [1.807, 2.05) is 12.1 Å². The van der Waals surface area contributed by atoms with E-state index in [0.717, 1.165) is 44.7 Å². The van der Waals surface area contributed by atoms with Gasteiger partial charge in [0.25, 0.3) is 0 Å². The molecule has 1 fully saturated rings. The summed E-state index contributed by atoms with van der Waals surface area (Å²) < 4.78 is 27.1. The van der Waals surface area contributed by atoms with E-state index >= 15 is 0 Å². The van der Waals surface area contributed by atoms with Crippen molar-refractivity contribution in [3.05, 3.63) is 66.2 Å². The lowest BCUT2D eigenvalue weighted by Crippen LogP contribution is -2.44. The predicted molar refractivity (Wildman–Crippen MR) is 137 cm³/mol. The first-order chi connectivity index (χ1) is 14.6. The van der Waals surface area contributed by atoms with Crippen molar-refractivity contribution in [2.24, 2.45) is 10.9 Å². The summed E-state index contributed by atoms with van der Waals surface area (Å²) in [5.74, 6) is 1.25. The summed E-state index contributed by atoms with van der Waals surface area (Å²) in [6.45, 7) is 2.79. The van der Waals surface area contributed by atoms with Crippen LogP contribution >= 0.6 is 24.0 Å². The smallest absolute Gasteiger partial charge is 0.243 e. The number of benzene rings is 2. The zero-order chi connectivity index (χ0) is 21.2. The van der Waals surface area contributed by atoms with Crippen LogP contribution in [0.4, 0.5) is 0 Å². The Morgan fingerprint density at radius 2 is 1.61 bits per heavy atom. The van der Waals surface area contributed by atoms with Crippen molar-refractivity contribution in [3.8, 4) is 0 Å². The second-order valence-corrected chi connectivity index (χ2v) is 9.57. The average Bonchev–Trinajstić information content (AvgIpc) is 2.80. The fourth-order valence-corrected chi connectivity index (χ4v) is 5.19. The zero-order valence-corrected chi connectivity index (χ0v) is 21.2. The SMILES string of the molecule is CN=C(NCCCc1ccccc1)NCC1CCN(S(=O)(=O)c2ccccc2)CC1.I. The molecule has 0 unspecified atom stereocenters. The molecule has 0 amide bonds. The summed E-state index contributed by atoms with van der Waals surface area (Å²) in [6.07, 6.45) is 3.79. The molecular weight excluding hydrogens is 523 g/mol. The highest BCUT2D eigenvalue weighted by molar-refractivity contribution is 14.0. The molecule has 0 spiro atoms. The van der Waals surface area contributed by atoms with Crippen LogP contribution in [0.3, 0.4) is 0 Å². The van der Waals surface area contributed by atoms with E-state index in [4.69, 9.17) is 0 Å². The van der Waals surface area contributed by atoms with E-state index in [-0.39, 0.29) is 24.0 Å². The molecule has 170 valence electrons. The first-order valence-corrected chi connectivity index (χ1v) is 12.1. The Balaban J connectivity index is 0.00000341. The molecule has 0 aliphatic carbocycles. The van der Waals surface area contributed by atoms with E-state index < -0.39 is 10.0 Å². The Morgan fingerprint density at radius 3 is 2.23 bits per heavy atom. The van der Waals surface area contributed by atoms with Crippen LogP contribution in [0.2, 0.25) is 0 Å². The van der Waals surface area contributed by atoms with E-state index in [2.05, 4.69) is 39.9 Å². The largest absolute Gasteiger partial charge is 0.356 e. The van der Waals surface area contributed by atoms with Gasteiger partial charge in [-0.25, -0.2) is 8.42 Å². The number of piperidine rings is 1. The van der Waals surface area contributed by atoms with Crippen LogP contribution in [0, 0.1) is 5.92 Å². The number of nitrogens with zero attached hydrogens (tertiary/aromatic N) is 2. The lowest BCUT2D eigenvalue weighted by molar-refractivity contribution is 0.273. The van der Waals surface area contributed by atoms with Gasteiger partial charge in [-0.05, 0) is 49.3 Å². The van der Waals surface area contributed by atoms with Crippen LogP contribution in [-0.4, -0.2) is 51.9 Å². The molecule has 6 nitrogen and oxygen atoms in total. The molecule has 2 aromatic carbocycles. The molecular formula is C23H33IN4O2S. The Kier molecular flexibility index (Phi) is 10.8. The van der Waals surface area contributed by atoms with E-state index in [0.29, 0.717) is 23.9 Å². The maximum absolute atomic E-state index is 12.7. The number of hydrogen-bond donors (Lipinski definition) is 2. The van der Waals surface area contributed by atoms with Gasteiger partial charge in [0.2, 0.25) is 10.0 Å². The number of hydrogen-bond acceptors (Lipinski definition) is 3. The number of aryl methyl sites for hydroxylation is 1. The van der Waals surface area contributed by atoms with Gasteiger partial charge in [-0.2, -0.15) is 4.31 Å². The number of halogens is 1. The summed E-state index contributed by atoms with van der Waals surface area (Å²) >= 11 is 0. The van der Waals surface area contributed by atoms with Crippen LogP contribution in [0.5, 0.6) is 0 Å². The molecule has 8 heteroatoms. The van der Waals surface area contributed by atoms with Gasteiger partial charge in [-0.3, -0.25) is 4.99 Å². The van der Waals surface area contributed by atoms with Crippen LogP contribution in [-0.2, 0) is 16.4 Å². The number of sulfonamides is 1. The Bertz CT molecular complexity index is 900. The Labute approximate surface area is 203 Å². The minimum absolute atomic E-state index is 0. The summed E-state index contributed by atoms with van der Waals surface area (Å²) in [4.78, 5) is 4.68. The molecule has 2 aromatic rings. The molecule has 1 saturated heterocycles. The number of rotatable bonds is 8. The molecule has 3 rings (SSSR count). The lowest BCUT2D eigenvalue weighted by Gasteiger charge is -2.31. The molecule has 1 aliphatic rings. The number of aliphatic imine (C=N–C) groups is 1. The standard InChI is InChI=1S/C23H32N4O2S.HI/c1-24-23(25-16-8-11-20-9-4-2-5-10-20)26-19-21-14-17-27(18-15-21)30(28,29)22-12-6-3-7-13-22;/h2-7,9-10,12-13,21H,8,11,14-19H2,1H3,(H2,24,25,26);1H. The molecule has 0 aromatic heterocycles. The topological polar surface area (TPSA) is 73.8 Å². The zero-order valence-electron chi connectivity index (χ0n) is 18.0. The third kappa shape index (κ3) is 7.76. The van der Waals surface area contributed by atoms with Crippen molar-refractivity contribution >= 4 is 40.0 Å². The van der Waals surface area contributed by atoms with Crippen LogP contribution < -0.4 is 10.6 Å². The molecule has 0 atom stereocenters. The van der Waals surface area contributed by atoms with Gasteiger partial charge in [-0.1, -0.05) is 48.5 Å². The second kappa shape index (κ2) is 13.0. The fourth-order valence-electron chi connectivity index (χ4n) is 3.70. The van der Waals surface area contributed by atoms with Crippen molar-refractivity contribution in [1.82, 2.24) is 14.9 Å². The van der Waals surface area contributed by atoms with Crippen molar-refractivity contribution in [1.29, 1.82) is 0 Å². The monoisotopic (exact) mass is 556 g/mol. The minimum atomic E-state index is -3.38. The fraction of sp³-hybridized carbons (Fsp3) is 0.435. The summed E-state index contributed by atoms with van der Waals surface area (Å²) in [7, 11) is -1.60. The molecule has 1 aliphatic heterocycles. The van der Waals surface area contributed by atoms with Gasteiger partial charge in [0.15, 0.2) is 5.96 Å². The highest BCUT2D eigenvalue weighted by atomic mass is 127. The van der Waals surface area contributed by atoms with Gasteiger partial charge in [0, 0.05) is 33.2 Å². The molecule has 0 radical (unpaired) electrons. The van der Waals surface area contributed by atoms with Gasteiger partial charge < -0.3 is 10.6 Å². The Hall–Kier alpha value is -1.65. The van der Waals surface area contributed by atoms with Gasteiger partial charge >= 0.3 is 0 Å². The second-order valence-electron chi connectivity index (χ2n) is 7.63. The number of nitrogens with one attached hydrogen (secondary N) is 2. The number of guanidine groups is 1. The van der Waals surface area contributed by atoms with Crippen molar-refractivity contribution < 1.29 is 8.42 Å². The predicted octanol–water partition coefficient (Wildman–Crippen LogP) is 3.50. The van der Waals surface area contributed by atoms with Crippen LogP contribution in [0.25, 0.3) is 0 Å². The molecule has 0 bridgehead atoms. The third-order valence-electron chi connectivity index (χ3n) is 5.51. The molecule has 2 N–H and O–H groups in total. The normalized spacial score (nSPS) is 15.8. The summed E-state index contributed by atoms with van der Waals surface area (Å²) in [5, 5.41) is 6.76. The molecule has 31 heavy (non-hydrogen) atoms. The quantitative estimate of drug-likeness (QED) is 0.226. The highest BCUT2D eigenvalue weighted by Gasteiger charge is 2.29. The third-order valence-corrected chi connectivity index (χ3v) is 7.43.